The molecule has 0 atom stereocenters. The smallest absolute Gasteiger partial charge is 0.245 e. The molecule has 0 saturated carbocycles. The van der Waals surface area contributed by atoms with Crippen LogP contribution >= 0.6 is 0 Å². The van der Waals surface area contributed by atoms with E-state index in [1.54, 1.807) is 18.2 Å². The van der Waals surface area contributed by atoms with Crippen LogP contribution in [0.25, 0.3) is 0 Å². The Kier molecular flexibility index (Phi) is 2.86. The van der Waals surface area contributed by atoms with Crippen LogP contribution in [-0.4, -0.2) is 5.92 Å². The fourth-order valence-electron chi connectivity index (χ4n) is 1.11. The summed E-state index contributed by atoms with van der Waals surface area (Å²) in [5.41, 5.74) is 7.00. The predicted octanol–water partition coefficient (Wildman–Crippen LogP) is 2.86. The van der Waals surface area contributed by atoms with E-state index in [0.717, 1.165) is 12.5 Å². The molecular formula is C10H13F2N. The second-order valence-corrected chi connectivity index (χ2v) is 3.32. The highest BCUT2D eigenvalue weighted by Crippen LogP contribution is 2.20. The summed E-state index contributed by atoms with van der Waals surface area (Å²) in [5.74, 6) is -2.59. The minimum absolute atomic E-state index is 0.129. The predicted molar refractivity (Wildman–Crippen MR) is 49.8 cm³/mol. The number of nitrogen functional groups attached to an aromatic ring is 1. The molecule has 13 heavy (non-hydrogen) atoms. The molecule has 0 saturated heterocycles. The molecule has 0 bridgehead atoms. The monoisotopic (exact) mass is 185 g/mol. The Morgan fingerprint density at radius 2 is 2.08 bits per heavy atom. The van der Waals surface area contributed by atoms with Crippen molar-refractivity contribution in [3.63, 3.8) is 0 Å². The van der Waals surface area contributed by atoms with Gasteiger partial charge in [-0.3, -0.25) is 0 Å². The number of rotatable bonds is 3. The summed E-state index contributed by atoms with van der Waals surface area (Å²) >= 11 is 0. The van der Waals surface area contributed by atoms with Gasteiger partial charge in [-0.1, -0.05) is 12.1 Å². The zero-order chi connectivity index (χ0) is 9.90. The molecule has 1 aromatic rings. The molecule has 72 valence electrons. The second-order valence-electron chi connectivity index (χ2n) is 3.32. The quantitative estimate of drug-likeness (QED) is 0.720. The van der Waals surface area contributed by atoms with E-state index in [2.05, 4.69) is 0 Å². The summed E-state index contributed by atoms with van der Waals surface area (Å²) in [5, 5.41) is 0. The average molecular weight is 185 g/mol. The van der Waals surface area contributed by atoms with Crippen molar-refractivity contribution in [2.24, 2.45) is 0 Å². The number of benzene rings is 1. The molecular weight excluding hydrogens is 172 g/mol. The van der Waals surface area contributed by atoms with E-state index in [0.29, 0.717) is 12.1 Å². The standard InChI is InChI=1S/C10H13F2N/c1-10(11,12)6-5-8-3-2-4-9(13)7-8/h2-4,7H,5-6,13H2,1H3. The molecule has 2 N–H and O–H groups in total. The van der Waals surface area contributed by atoms with Gasteiger partial charge in [-0.2, -0.15) is 0 Å². The summed E-state index contributed by atoms with van der Waals surface area (Å²) < 4.78 is 25.0. The zero-order valence-corrected chi connectivity index (χ0v) is 7.56. The number of alkyl halides is 2. The summed E-state index contributed by atoms with van der Waals surface area (Å²) in [4.78, 5) is 0. The maximum atomic E-state index is 12.5. The first-order chi connectivity index (χ1) is 5.97. The van der Waals surface area contributed by atoms with Crippen LogP contribution < -0.4 is 5.73 Å². The van der Waals surface area contributed by atoms with Crippen molar-refractivity contribution in [3.8, 4) is 0 Å². The number of hydrogen-bond donors (Lipinski definition) is 1. The van der Waals surface area contributed by atoms with E-state index in [1.807, 2.05) is 6.07 Å². The summed E-state index contributed by atoms with van der Waals surface area (Å²) in [6, 6.07) is 7.06. The molecule has 1 aromatic carbocycles. The fraction of sp³-hybridized carbons (Fsp3) is 0.400. The average Bonchev–Trinajstić information content (AvgIpc) is 2.00. The van der Waals surface area contributed by atoms with E-state index < -0.39 is 5.92 Å². The molecule has 0 fully saturated rings. The molecule has 0 aromatic heterocycles. The van der Waals surface area contributed by atoms with Crippen LogP contribution in [0, 0.1) is 0 Å². The largest absolute Gasteiger partial charge is 0.399 e. The summed E-state index contributed by atoms with van der Waals surface area (Å²) in [6.07, 6.45) is 0.241. The van der Waals surface area contributed by atoms with Gasteiger partial charge in [0.2, 0.25) is 5.92 Å². The van der Waals surface area contributed by atoms with Crippen LogP contribution in [0.4, 0.5) is 14.5 Å². The summed E-state index contributed by atoms with van der Waals surface area (Å²) in [6.45, 7) is 0.930. The van der Waals surface area contributed by atoms with Crippen LogP contribution in [0.5, 0.6) is 0 Å². The minimum atomic E-state index is -2.59. The number of aryl methyl sites for hydroxylation is 1. The third-order valence-corrected chi connectivity index (χ3v) is 1.80. The van der Waals surface area contributed by atoms with Crippen LogP contribution in [0.2, 0.25) is 0 Å². The van der Waals surface area contributed by atoms with Gasteiger partial charge in [0.15, 0.2) is 0 Å². The Morgan fingerprint density at radius 1 is 1.38 bits per heavy atom. The third kappa shape index (κ3) is 3.87. The molecule has 0 heterocycles. The highest BCUT2D eigenvalue weighted by atomic mass is 19.3. The van der Waals surface area contributed by atoms with Gasteiger partial charge in [-0.05, 0) is 31.0 Å². The molecule has 1 nitrogen and oxygen atoms in total. The SMILES string of the molecule is CC(F)(F)CCc1cccc(N)c1. The van der Waals surface area contributed by atoms with Gasteiger partial charge >= 0.3 is 0 Å². The van der Waals surface area contributed by atoms with E-state index in [4.69, 9.17) is 5.73 Å². The lowest BCUT2D eigenvalue weighted by Crippen LogP contribution is -2.10. The fourth-order valence-corrected chi connectivity index (χ4v) is 1.11. The molecule has 0 amide bonds. The number of nitrogens with two attached hydrogens (primary N) is 1. The van der Waals surface area contributed by atoms with Crippen molar-refractivity contribution in [1.82, 2.24) is 0 Å². The highest BCUT2D eigenvalue weighted by Gasteiger charge is 2.20. The maximum Gasteiger partial charge on any atom is 0.245 e. The van der Waals surface area contributed by atoms with Gasteiger partial charge in [0.05, 0.1) is 0 Å². The summed E-state index contributed by atoms with van der Waals surface area (Å²) in [7, 11) is 0. The number of halogens is 2. The Bertz CT molecular complexity index is 278. The lowest BCUT2D eigenvalue weighted by molar-refractivity contribution is 0.0133. The Labute approximate surface area is 76.6 Å². The van der Waals surface area contributed by atoms with Crippen LogP contribution in [0.3, 0.4) is 0 Å². The van der Waals surface area contributed by atoms with Gasteiger partial charge in [0.25, 0.3) is 0 Å². The lowest BCUT2D eigenvalue weighted by atomic mass is 10.1. The van der Waals surface area contributed by atoms with Crippen LogP contribution in [0.15, 0.2) is 24.3 Å². The first kappa shape index (κ1) is 9.96. The Hall–Kier alpha value is -1.12. The molecule has 0 aliphatic carbocycles. The third-order valence-electron chi connectivity index (χ3n) is 1.80. The maximum absolute atomic E-state index is 12.5. The molecule has 1 rings (SSSR count). The van der Waals surface area contributed by atoms with Crippen molar-refractivity contribution in [3.05, 3.63) is 29.8 Å². The van der Waals surface area contributed by atoms with Crippen LogP contribution in [-0.2, 0) is 6.42 Å². The van der Waals surface area contributed by atoms with E-state index in [-0.39, 0.29) is 6.42 Å². The topological polar surface area (TPSA) is 26.0 Å². The Morgan fingerprint density at radius 3 is 2.62 bits per heavy atom. The normalized spacial score (nSPS) is 11.6. The van der Waals surface area contributed by atoms with Gasteiger partial charge in [-0.25, -0.2) is 8.78 Å². The van der Waals surface area contributed by atoms with Crippen molar-refractivity contribution < 1.29 is 8.78 Å². The number of hydrogen-bond acceptors (Lipinski definition) is 1. The molecule has 0 radical (unpaired) electrons. The van der Waals surface area contributed by atoms with Crippen molar-refractivity contribution >= 4 is 5.69 Å². The number of anilines is 1. The van der Waals surface area contributed by atoms with E-state index in [1.165, 1.54) is 0 Å². The van der Waals surface area contributed by atoms with Gasteiger partial charge in [-0.15, -0.1) is 0 Å². The van der Waals surface area contributed by atoms with E-state index in [9.17, 15) is 8.78 Å². The Balaban J connectivity index is 2.55. The first-order valence-corrected chi connectivity index (χ1v) is 4.20. The zero-order valence-electron chi connectivity index (χ0n) is 7.56. The molecule has 0 spiro atoms. The van der Waals surface area contributed by atoms with Gasteiger partial charge in [0, 0.05) is 12.1 Å². The molecule has 0 unspecified atom stereocenters. The lowest BCUT2D eigenvalue weighted by Gasteiger charge is -2.09. The van der Waals surface area contributed by atoms with E-state index >= 15 is 0 Å². The van der Waals surface area contributed by atoms with Gasteiger partial charge in [0.1, 0.15) is 0 Å². The molecule has 0 aliphatic heterocycles. The van der Waals surface area contributed by atoms with Crippen LogP contribution in [0.1, 0.15) is 18.9 Å². The van der Waals surface area contributed by atoms with Gasteiger partial charge < -0.3 is 5.73 Å². The first-order valence-electron chi connectivity index (χ1n) is 4.20. The van der Waals surface area contributed by atoms with Crippen molar-refractivity contribution in [2.45, 2.75) is 25.7 Å². The molecule has 3 heteroatoms. The highest BCUT2D eigenvalue weighted by molar-refractivity contribution is 5.40. The van der Waals surface area contributed by atoms with Crippen molar-refractivity contribution in [1.29, 1.82) is 0 Å². The minimum Gasteiger partial charge on any atom is -0.399 e. The second kappa shape index (κ2) is 3.73. The van der Waals surface area contributed by atoms with Crippen molar-refractivity contribution in [2.75, 3.05) is 5.73 Å². The molecule has 0 aliphatic rings.